The van der Waals surface area contributed by atoms with Crippen molar-refractivity contribution in [2.45, 2.75) is 19.3 Å². The van der Waals surface area contributed by atoms with Crippen LogP contribution in [0.3, 0.4) is 0 Å². The second kappa shape index (κ2) is 6.60. The summed E-state index contributed by atoms with van der Waals surface area (Å²) < 4.78 is 18.4. The summed E-state index contributed by atoms with van der Waals surface area (Å²) in [7, 11) is 1.65. The normalized spacial score (nSPS) is 16.3. The summed E-state index contributed by atoms with van der Waals surface area (Å²) in [4.78, 5) is 5.37. The molecule has 0 fully saturated rings. The van der Waals surface area contributed by atoms with Crippen LogP contribution >= 0.6 is 11.3 Å². The Bertz CT molecular complexity index is 1060. The van der Waals surface area contributed by atoms with E-state index in [2.05, 4.69) is 20.5 Å². The summed E-state index contributed by atoms with van der Waals surface area (Å²) in [5.74, 6) is 1.72. The molecule has 0 spiro atoms. The van der Waals surface area contributed by atoms with Gasteiger partial charge in [0.25, 0.3) is 5.89 Å². The number of rotatable bonds is 4. The van der Waals surface area contributed by atoms with Gasteiger partial charge in [-0.25, -0.2) is 4.68 Å². The fourth-order valence-electron chi connectivity index (χ4n) is 3.03. The van der Waals surface area contributed by atoms with Crippen molar-refractivity contribution in [1.82, 2.24) is 25.1 Å². The van der Waals surface area contributed by atoms with Crippen molar-refractivity contribution in [2.24, 2.45) is 0 Å². The van der Waals surface area contributed by atoms with Gasteiger partial charge in [0.15, 0.2) is 5.69 Å². The molecule has 3 aromatic heterocycles. The third-order valence-corrected chi connectivity index (χ3v) is 5.31. The average Bonchev–Trinajstić information content (AvgIpc) is 3.46. The van der Waals surface area contributed by atoms with Gasteiger partial charge in [0.1, 0.15) is 11.9 Å². The SMILES string of the molecule is COc1ccc(C2Cn3nnc(-c4noc(-c5cccs5)n4)c3CO2)cc1. The van der Waals surface area contributed by atoms with E-state index in [9.17, 15) is 0 Å². The van der Waals surface area contributed by atoms with Gasteiger partial charge >= 0.3 is 0 Å². The Morgan fingerprint density at radius 3 is 2.89 bits per heavy atom. The van der Waals surface area contributed by atoms with Crippen LogP contribution in [0.2, 0.25) is 0 Å². The second-order valence-electron chi connectivity index (χ2n) is 6.04. The molecule has 0 bridgehead atoms. The Labute approximate surface area is 158 Å². The van der Waals surface area contributed by atoms with E-state index in [1.807, 2.05) is 46.5 Å². The highest BCUT2D eigenvalue weighted by Crippen LogP contribution is 2.31. The van der Waals surface area contributed by atoms with E-state index in [0.29, 0.717) is 30.6 Å². The summed E-state index contributed by atoms with van der Waals surface area (Å²) in [5, 5.41) is 14.5. The number of benzene rings is 1. The van der Waals surface area contributed by atoms with Gasteiger partial charge in [-0.05, 0) is 29.1 Å². The Kier molecular flexibility index (Phi) is 3.95. The van der Waals surface area contributed by atoms with Crippen molar-refractivity contribution in [2.75, 3.05) is 7.11 Å². The third-order valence-electron chi connectivity index (χ3n) is 4.45. The van der Waals surface area contributed by atoms with E-state index in [1.165, 1.54) is 0 Å². The molecule has 4 heterocycles. The van der Waals surface area contributed by atoms with Gasteiger partial charge in [-0.15, -0.1) is 16.4 Å². The summed E-state index contributed by atoms with van der Waals surface area (Å²) >= 11 is 1.54. The zero-order valence-electron chi connectivity index (χ0n) is 14.4. The van der Waals surface area contributed by atoms with Crippen LogP contribution in [0.15, 0.2) is 46.3 Å². The molecule has 0 aliphatic carbocycles. The smallest absolute Gasteiger partial charge is 0.268 e. The van der Waals surface area contributed by atoms with E-state index in [0.717, 1.165) is 21.9 Å². The van der Waals surface area contributed by atoms with Crippen molar-refractivity contribution >= 4 is 11.3 Å². The van der Waals surface area contributed by atoms with Gasteiger partial charge in [0.05, 0.1) is 30.8 Å². The first-order chi connectivity index (χ1) is 13.3. The molecule has 136 valence electrons. The number of nitrogens with zero attached hydrogens (tertiary/aromatic N) is 5. The molecule has 0 saturated carbocycles. The van der Waals surface area contributed by atoms with Gasteiger partial charge in [-0.3, -0.25) is 0 Å². The lowest BCUT2D eigenvalue weighted by Gasteiger charge is -2.24. The summed E-state index contributed by atoms with van der Waals surface area (Å²) in [6.45, 7) is 0.951. The molecule has 0 radical (unpaired) electrons. The average molecular weight is 381 g/mol. The molecule has 9 heteroatoms. The van der Waals surface area contributed by atoms with Crippen LogP contribution in [-0.2, 0) is 17.9 Å². The van der Waals surface area contributed by atoms with Gasteiger partial charge in [-0.2, -0.15) is 4.98 Å². The molecule has 1 aliphatic heterocycles. The number of hydrogen-bond acceptors (Lipinski definition) is 8. The molecule has 0 N–H and O–H groups in total. The van der Waals surface area contributed by atoms with Crippen molar-refractivity contribution in [3.63, 3.8) is 0 Å². The topological polar surface area (TPSA) is 88.1 Å². The van der Waals surface area contributed by atoms with Gasteiger partial charge in [0.2, 0.25) is 5.82 Å². The molecule has 0 saturated heterocycles. The molecule has 4 aromatic rings. The molecule has 1 aromatic carbocycles. The highest BCUT2D eigenvalue weighted by molar-refractivity contribution is 7.13. The number of ether oxygens (including phenoxy) is 2. The first-order valence-electron chi connectivity index (χ1n) is 8.37. The maximum Gasteiger partial charge on any atom is 0.268 e. The minimum Gasteiger partial charge on any atom is -0.497 e. The van der Waals surface area contributed by atoms with Crippen molar-refractivity contribution in [3.8, 4) is 28.0 Å². The Balaban J connectivity index is 1.40. The van der Waals surface area contributed by atoms with E-state index in [4.69, 9.17) is 14.0 Å². The van der Waals surface area contributed by atoms with Crippen LogP contribution in [0, 0.1) is 0 Å². The van der Waals surface area contributed by atoms with E-state index in [-0.39, 0.29) is 6.10 Å². The molecule has 1 unspecified atom stereocenters. The molecule has 5 rings (SSSR count). The molecule has 8 nitrogen and oxygen atoms in total. The fourth-order valence-corrected chi connectivity index (χ4v) is 3.67. The zero-order valence-corrected chi connectivity index (χ0v) is 15.2. The lowest BCUT2D eigenvalue weighted by Crippen LogP contribution is -2.22. The van der Waals surface area contributed by atoms with Crippen LogP contribution in [0.1, 0.15) is 17.4 Å². The highest BCUT2D eigenvalue weighted by atomic mass is 32.1. The predicted octanol–water partition coefficient (Wildman–Crippen LogP) is 3.34. The predicted molar refractivity (Wildman–Crippen MR) is 97.2 cm³/mol. The zero-order chi connectivity index (χ0) is 18.2. The largest absolute Gasteiger partial charge is 0.497 e. The molecule has 0 amide bonds. The second-order valence-corrected chi connectivity index (χ2v) is 6.99. The molecular weight excluding hydrogens is 366 g/mol. The van der Waals surface area contributed by atoms with Crippen LogP contribution in [0.5, 0.6) is 5.75 Å². The van der Waals surface area contributed by atoms with Crippen LogP contribution in [0.25, 0.3) is 22.3 Å². The number of fused-ring (bicyclic) bond motifs is 1. The summed E-state index contributed by atoms with van der Waals surface area (Å²) in [6, 6.07) is 11.7. The maximum absolute atomic E-state index is 6.04. The summed E-state index contributed by atoms with van der Waals surface area (Å²) in [6.07, 6.45) is -0.0927. The minimum absolute atomic E-state index is 0.0927. The van der Waals surface area contributed by atoms with E-state index >= 15 is 0 Å². The summed E-state index contributed by atoms with van der Waals surface area (Å²) in [5.41, 5.74) is 2.51. The molecular formula is C18H15N5O3S. The Morgan fingerprint density at radius 2 is 2.11 bits per heavy atom. The standard InChI is InChI=1S/C18H15N5O3S/c1-24-12-6-4-11(5-7-12)14-9-23-13(10-25-14)16(20-22-23)17-19-18(26-21-17)15-3-2-8-27-15/h2-8,14H,9-10H2,1H3. The van der Waals surface area contributed by atoms with Gasteiger partial charge in [0, 0.05) is 0 Å². The maximum atomic E-state index is 6.04. The van der Waals surface area contributed by atoms with Crippen LogP contribution in [-0.4, -0.2) is 32.2 Å². The number of methoxy groups -OCH3 is 1. The third kappa shape index (κ3) is 2.90. The lowest BCUT2D eigenvalue weighted by atomic mass is 10.1. The monoisotopic (exact) mass is 381 g/mol. The molecule has 27 heavy (non-hydrogen) atoms. The van der Waals surface area contributed by atoms with Gasteiger partial charge < -0.3 is 14.0 Å². The Morgan fingerprint density at radius 1 is 1.22 bits per heavy atom. The first-order valence-corrected chi connectivity index (χ1v) is 9.25. The number of thiophene rings is 1. The van der Waals surface area contributed by atoms with Gasteiger partial charge in [-0.1, -0.05) is 28.6 Å². The van der Waals surface area contributed by atoms with Crippen LogP contribution in [0.4, 0.5) is 0 Å². The van der Waals surface area contributed by atoms with Crippen LogP contribution < -0.4 is 4.74 Å². The molecule has 1 atom stereocenters. The van der Waals surface area contributed by atoms with Crippen molar-refractivity contribution < 1.29 is 14.0 Å². The lowest BCUT2D eigenvalue weighted by molar-refractivity contribution is -0.00114. The molecule has 1 aliphatic rings. The van der Waals surface area contributed by atoms with E-state index < -0.39 is 0 Å². The highest BCUT2D eigenvalue weighted by Gasteiger charge is 2.27. The van der Waals surface area contributed by atoms with Crippen molar-refractivity contribution in [3.05, 3.63) is 53.0 Å². The number of aromatic nitrogens is 5. The van der Waals surface area contributed by atoms with Crippen molar-refractivity contribution in [1.29, 1.82) is 0 Å². The van der Waals surface area contributed by atoms with E-state index in [1.54, 1.807) is 18.4 Å². The Hall–Kier alpha value is -3.04. The number of hydrogen-bond donors (Lipinski definition) is 0. The fraction of sp³-hybridized carbons (Fsp3) is 0.222. The quantitative estimate of drug-likeness (QED) is 0.536. The first kappa shape index (κ1) is 16.2. The minimum atomic E-state index is -0.0927.